The van der Waals surface area contributed by atoms with Crippen molar-refractivity contribution in [1.29, 1.82) is 0 Å². The number of hydrogen-bond donors (Lipinski definition) is 0. The van der Waals surface area contributed by atoms with Crippen molar-refractivity contribution in [3.05, 3.63) is 72.3 Å². The van der Waals surface area contributed by atoms with E-state index in [-0.39, 0.29) is 5.92 Å². The smallest absolute Gasteiger partial charge is 0.210 e. The predicted octanol–water partition coefficient (Wildman–Crippen LogP) is 5.30. The van der Waals surface area contributed by atoms with E-state index in [0.29, 0.717) is 6.61 Å². The first-order valence-corrected chi connectivity index (χ1v) is 7.63. The van der Waals surface area contributed by atoms with Gasteiger partial charge >= 0.3 is 0 Å². The van der Waals surface area contributed by atoms with E-state index >= 15 is 0 Å². The van der Waals surface area contributed by atoms with Gasteiger partial charge in [-0.15, -0.1) is 0 Å². The number of ether oxygens (including phenoxy) is 2. The molecule has 2 aromatic rings. The molecule has 0 bridgehead atoms. The summed E-state index contributed by atoms with van der Waals surface area (Å²) in [6, 6.07) is 18.0. The fourth-order valence-electron chi connectivity index (χ4n) is 2.02. The maximum absolute atomic E-state index is 6.13. The minimum Gasteiger partial charge on any atom is -0.462 e. The lowest BCUT2D eigenvalue weighted by molar-refractivity contribution is -0.205. The summed E-state index contributed by atoms with van der Waals surface area (Å²) in [5.41, 5.74) is 2.21. The Balaban J connectivity index is 2.08. The van der Waals surface area contributed by atoms with Crippen LogP contribution in [-0.2, 0) is 11.3 Å². The van der Waals surface area contributed by atoms with Gasteiger partial charge < -0.3 is 9.47 Å². The molecule has 0 N–H and O–H groups in total. The average Bonchev–Trinajstić information content (AvgIpc) is 2.54. The van der Waals surface area contributed by atoms with Crippen LogP contribution in [0.5, 0.6) is 5.75 Å². The van der Waals surface area contributed by atoms with Crippen LogP contribution in [0, 0.1) is 5.92 Å². The third kappa shape index (κ3) is 4.22. The van der Waals surface area contributed by atoms with Crippen LogP contribution >= 0.6 is 0 Å². The fraction of sp³-hybridized carbons (Fsp3) is 0.300. The molecule has 0 radical (unpaired) electrons. The second-order valence-electron chi connectivity index (χ2n) is 5.82. The molecule has 22 heavy (non-hydrogen) atoms. The van der Waals surface area contributed by atoms with Gasteiger partial charge in [-0.3, -0.25) is 0 Å². The first-order chi connectivity index (χ1) is 10.5. The van der Waals surface area contributed by atoms with Crippen LogP contribution in [0.3, 0.4) is 0 Å². The molecule has 0 aliphatic heterocycles. The van der Waals surface area contributed by atoms with Gasteiger partial charge in [0.25, 0.3) is 0 Å². The molecule has 0 saturated carbocycles. The predicted molar refractivity (Wildman–Crippen MR) is 91.6 cm³/mol. The number of hydrogen-bond acceptors (Lipinski definition) is 2. The average molecular weight is 296 g/mol. The van der Waals surface area contributed by atoms with Crippen molar-refractivity contribution in [2.24, 2.45) is 5.92 Å². The molecule has 2 nitrogen and oxygen atoms in total. The molecule has 0 aliphatic carbocycles. The third-order valence-electron chi connectivity index (χ3n) is 3.85. The Morgan fingerprint density at radius 3 is 2.23 bits per heavy atom. The van der Waals surface area contributed by atoms with Gasteiger partial charge in [-0.1, -0.05) is 69.0 Å². The van der Waals surface area contributed by atoms with Crippen molar-refractivity contribution < 1.29 is 9.47 Å². The highest BCUT2D eigenvalue weighted by Crippen LogP contribution is 2.28. The Bertz CT molecular complexity index is 587. The highest BCUT2D eigenvalue weighted by molar-refractivity contribution is 5.48. The second kappa shape index (κ2) is 7.28. The van der Waals surface area contributed by atoms with Crippen molar-refractivity contribution in [2.45, 2.75) is 33.2 Å². The van der Waals surface area contributed by atoms with Gasteiger partial charge in [-0.2, -0.15) is 0 Å². The molecular formula is C20H24O2. The summed E-state index contributed by atoms with van der Waals surface area (Å²) in [6.45, 7) is 10.5. The van der Waals surface area contributed by atoms with Gasteiger partial charge in [0.05, 0.1) is 6.61 Å². The standard InChI is InChI=1S/C20H24O2/c1-5-17-11-13-19(14-12-17)22-20(4,16(2)3)21-15-18-9-7-6-8-10-18/h5-14,16H,1,15H2,2-4H3. The molecule has 0 aliphatic rings. The van der Waals surface area contributed by atoms with Gasteiger partial charge in [0.1, 0.15) is 5.75 Å². The molecular weight excluding hydrogens is 272 g/mol. The van der Waals surface area contributed by atoms with E-state index in [4.69, 9.17) is 9.47 Å². The molecule has 0 fully saturated rings. The molecule has 2 rings (SSSR count). The van der Waals surface area contributed by atoms with Crippen LogP contribution in [0.1, 0.15) is 31.9 Å². The molecule has 0 aromatic heterocycles. The summed E-state index contributed by atoms with van der Waals surface area (Å²) in [5.74, 6) is 0.344. The van der Waals surface area contributed by atoms with E-state index in [2.05, 4.69) is 32.6 Å². The monoisotopic (exact) mass is 296 g/mol. The molecule has 0 heterocycles. The number of rotatable bonds is 7. The maximum Gasteiger partial charge on any atom is 0.210 e. The van der Waals surface area contributed by atoms with Crippen molar-refractivity contribution in [1.82, 2.24) is 0 Å². The molecule has 2 aromatic carbocycles. The Labute approximate surface area is 133 Å². The molecule has 0 amide bonds. The van der Waals surface area contributed by atoms with Crippen LogP contribution in [0.15, 0.2) is 61.2 Å². The van der Waals surface area contributed by atoms with Crippen LogP contribution < -0.4 is 4.74 Å². The van der Waals surface area contributed by atoms with E-state index in [1.165, 1.54) is 0 Å². The van der Waals surface area contributed by atoms with Crippen molar-refractivity contribution in [2.75, 3.05) is 0 Å². The van der Waals surface area contributed by atoms with Crippen molar-refractivity contribution >= 4 is 6.08 Å². The maximum atomic E-state index is 6.13. The summed E-state index contributed by atoms with van der Waals surface area (Å²) in [6.07, 6.45) is 1.82. The second-order valence-corrected chi connectivity index (χ2v) is 5.82. The zero-order valence-electron chi connectivity index (χ0n) is 13.6. The Kier molecular flexibility index (Phi) is 5.40. The zero-order valence-corrected chi connectivity index (χ0v) is 13.6. The van der Waals surface area contributed by atoms with E-state index in [9.17, 15) is 0 Å². The van der Waals surface area contributed by atoms with Crippen LogP contribution in [0.2, 0.25) is 0 Å². The first-order valence-electron chi connectivity index (χ1n) is 7.63. The molecule has 0 spiro atoms. The van der Waals surface area contributed by atoms with Crippen molar-refractivity contribution in [3.8, 4) is 5.75 Å². The molecule has 0 saturated heterocycles. The Hall–Kier alpha value is -2.06. The third-order valence-corrected chi connectivity index (χ3v) is 3.85. The van der Waals surface area contributed by atoms with Crippen LogP contribution in [-0.4, -0.2) is 5.79 Å². The lowest BCUT2D eigenvalue weighted by Crippen LogP contribution is -2.41. The molecule has 1 atom stereocenters. The summed E-state index contributed by atoms with van der Waals surface area (Å²) in [4.78, 5) is 0. The summed E-state index contributed by atoms with van der Waals surface area (Å²) in [7, 11) is 0. The Morgan fingerprint density at radius 1 is 1.05 bits per heavy atom. The summed E-state index contributed by atoms with van der Waals surface area (Å²) >= 11 is 0. The van der Waals surface area contributed by atoms with Gasteiger partial charge in [0.15, 0.2) is 0 Å². The van der Waals surface area contributed by atoms with Crippen molar-refractivity contribution in [3.63, 3.8) is 0 Å². The minimum absolute atomic E-state index is 0.218. The first kappa shape index (κ1) is 16.3. The normalized spacial score (nSPS) is 13.6. The minimum atomic E-state index is -0.675. The number of benzene rings is 2. The zero-order chi connectivity index (χ0) is 16.0. The highest BCUT2D eigenvalue weighted by Gasteiger charge is 2.31. The van der Waals surface area contributed by atoms with Gasteiger partial charge in [0, 0.05) is 12.8 Å². The van der Waals surface area contributed by atoms with Crippen LogP contribution in [0.4, 0.5) is 0 Å². The molecule has 2 heteroatoms. The van der Waals surface area contributed by atoms with Crippen LogP contribution in [0.25, 0.3) is 6.08 Å². The van der Waals surface area contributed by atoms with E-state index < -0.39 is 5.79 Å². The Morgan fingerprint density at radius 2 is 1.68 bits per heavy atom. The molecule has 1 unspecified atom stereocenters. The van der Waals surface area contributed by atoms with Gasteiger partial charge in [-0.25, -0.2) is 0 Å². The molecule has 116 valence electrons. The summed E-state index contributed by atoms with van der Waals surface area (Å²) in [5, 5.41) is 0. The topological polar surface area (TPSA) is 18.5 Å². The highest BCUT2D eigenvalue weighted by atomic mass is 16.7. The quantitative estimate of drug-likeness (QED) is 0.646. The largest absolute Gasteiger partial charge is 0.462 e. The van der Waals surface area contributed by atoms with E-state index in [0.717, 1.165) is 16.9 Å². The fourth-order valence-corrected chi connectivity index (χ4v) is 2.02. The van der Waals surface area contributed by atoms with Gasteiger partial charge in [0.2, 0.25) is 5.79 Å². The SMILES string of the molecule is C=Cc1ccc(OC(C)(OCc2ccccc2)C(C)C)cc1. The van der Waals surface area contributed by atoms with E-state index in [1.54, 1.807) is 0 Å². The van der Waals surface area contributed by atoms with Gasteiger partial charge in [-0.05, 0) is 23.3 Å². The summed E-state index contributed by atoms with van der Waals surface area (Å²) < 4.78 is 12.2. The lowest BCUT2D eigenvalue weighted by Gasteiger charge is -2.34. The lowest BCUT2D eigenvalue weighted by atomic mass is 10.0. The van der Waals surface area contributed by atoms with E-state index in [1.807, 2.05) is 55.5 Å².